The van der Waals surface area contributed by atoms with Crippen molar-refractivity contribution in [3.8, 4) is 0 Å². The van der Waals surface area contributed by atoms with E-state index in [1.165, 1.54) is 0 Å². The van der Waals surface area contributed by atoms with Crippen LogP contribution in [0.1, 0.15) is 11.1 Å². The Balaban J connectivity index is 3.60. The molecule has 1 aromatic carbocycles. The van der Waals surface area contributed by atoms with Crippen LogP contribution in [0.3, 0.4) is 0 Å². The van der Waals surface area contributed by atoms with Crippen molar-refractivity contribution in [2.45, 2.75) is 13.8 Å². The van der Waals surface area contributed by atoms with Crippen molar-refractivity contribution in [1.29, 1.82) is 0 Å². The van der Waals surface area contributed by atoms with E-state index in [2.05, 4.69) is 0 Å². The molecule has 0 aromatic heterocycles. The van der Waals surface area contributed by atoms with Gasteiger partial charge in [-0.05, 0) is 25.0 Å². The standard InChI is InChI=1S/C8H6F3.Al.2FH/c1-4-3-6(9)8(11)7(10)5(4)2;;;/h1-2H3;;2*1H/q;+2;;/p-2. The summed E-state index contributed by atoms with van der Waals surface area (Å²) in [7, 11) is 0. The van der Waals surface area contributed by atoms with Gasteiger partial charge in [0, 0.05) is 4.43 Å². The molecule has 0 saturated heterocycles. The lowest BCUT2D eigenvalue weighted by atomic mass is 10.1. The van der Waals surface area contributed by atoms with Crippen molar-refractivity contribution in [2.24, 2.45) is 0 Å². The lowest BCUT2D eigenvalue weighted by Crippen LogP contribution is -2.30. The van der Waals surface area contributed by atoms with Gasteiger partial charge < -0.3 is 7.05 Å². The van der Waals surface area contributed by atoms with Gasteiger partial charge >= 0.3 is 15.1 Å². The average molecular weight is 224 g/mol. The molecule has 0 saturated carbocycles. The van der Waals surface area contributed by atoms with E-state index in [9.17, 15) is 20.2 Å². The van der Waals surface area contributed by atoms with Crippen LogP contribution in [0, 0.1) is 31.3 Å². The summed E-state index contributed by atoms with van der Waals surface area (Å²) in [4.78, 5) is 0. The van der Waals surface area contributed by atoms with Gasteiger partial charge in [0.1, 0.15) is 0 Å². The summed E-state index contributed by atoms with van der Waals surface area (Å²) in [5.41, 5.74) is -0.449. The van der Waals surface area contributed by atoms with Crippen LogP contribution in [0.15, 0.2) is 0 Å². The molecule has 1 rings (SSSR count). The lowest BCUT2D eigenvalue weighted by molar-refractivity contribution is 0.444. The Morgan fingerprint density at radius 1 is 0.786 bits per heavy atom. The van der Waals surface area contributed by atoms with E-state index in [-0.39, 0.29) is 11.1 Å². The highest BCUT2D eigenvalue weighted by Gasteiger charge is 2.34. The first-order chi connectivity index (χ1) is 6.37. The van der Waals surface area contributed by atoms with Crippen LogP contribution in [0.25, 0.3) is 0 Å². The molecular weight excluding hydrogens is 218 g/mol. The minimum atomic E-state index is -4.47. The van der Waals surface area contributed by atoms with E-state index in [4.69, 9.17) is 0 Å². The van der Waals surface area contributed by atoms with Gasteiger partial charge in [0.2, 0.25) is 0 Å². The minimum Gasteiger partial charge on any atom is -0.370 e. The summed E-state index contributed by atoms with van der Waals surface area (Å²) in [6.45, 7) is 2.31. The molecule has 0 radical (unpaired) electrons. The molecule has 0 atom stereocenters. The van der Waals surface area contributed by atoms with E-state index in [0.29, 0.717) is 0 Å². The number of hydrogen-bond donors (Lipinski definition) is 0. The Labute approximate surface area is 82.7 Å². The highest BCUT2D eigenvalue weighted by molar-refractivity contribution is 6.60. The fourth-order valence-corrected chi connectivity index (χ4v) is 2.03. The molecule has 0 amide bonds. The first kappa shape index (κ1) is 11.5. The molecule has 14 heavy (non-hydrogen) atoms. The number of rotatable bonds is 1. The maximum absolute atomic E-state index is 12.9. The van der Waals surface area contributed by atoms with E-state index >= 15 is 0 Å². The Kier molecular flexibility index (Phi) is 3.18. The molecule has 1 aromatic rings. The van der Waals surface area contributed by atoms with Gasteiger partial charge in [0.15, 0.2) is 17.5 Å². The molecule has 0 aliphatic carbocycles. The van der Waals surface area contributed by atoms with Crippen LogP contribution in [-0.2, 0) is 0 Å². The van der Waals surface area contributed by atoms with Crippen molar-refractivity contribution >= 4 is 19.5 Å². The zero-order chi connectivity index (χ0) is 11.0. The Hall–Kier alpha value is -0.598. The number of halogens is 5. The maximum Gasteiger partial charge on any atom is 0.805 e. The SMILES string of the molecule is Cc1c(C)[c]([Al]([F])[F])c(F)c(F)c1F. The summed E-state index contributed by atoms with van der Waals surface area (Å²) in [5, 5.41) is 0. The second kappa shape index (κ2) is 3.87. The quantitative estimate of drug-likeness (QED) is 0.390. The zero-order valence-corrected chi connectivity index (χ0v) is 8.62. The van der Waals surface area contributed by atoms with Crippen LogP contribution in [0.2, 0.25) is 0 Å². The van der Waals surface area contributed by atoms with Crippen LogP contribution < -0.4 is 4.43 Å². The third-order valence-corrected chi connectivity index (χ3v) is 3.26. The predicted octanol–water partition coefficient (Wildman–Crippen LogP) is 2.35. The van der Waals surface area contributed by atoms with E-state index in [1.54, 1.807) is 0 Å². The predicted molar refractivity (Wildman–Crippen MR) is 43.4 cm³/mol. The van der Waals surface area contributed by atoms with Gasteiger partial charge in [-0.25, -0.2) is 13.2 Å². The first-order valence-electron chi connectivity index (χ1n) is 3.79. The van der Waals surface area contributed by atoms with E-state index in [0.717, 1.165) is 13.8 Å². The molecule has 0 nitrogen and oxygen atoms in total. The second-order valence-corrected chi connectivity index (χ2v) is 4.09. The highest BCUT2D eigenvalue weighted by Crippen LogP contribution is 2.18. The molecule has 0 heterocycles. The lowest BCUT2D eigenvalue weighted by Gasteiger charge is -2.09. The van der Waals surface area contributed by atoms with Crippen LogP contribution in [0.5, 0.6) is 0 Å². The van der Waals surface area contributed by atoms with Crippen LogP contribution in [0.4, 0.5) is 20.2 Å². The molecule has 0 spiro atoms. The van der Waals surface area contributed by atoms with Crippen molar-refractivity contribution < 1.29 is 20.2 Å². The summed E-state index contributed by atoms with van der Waals surface area (Å²) in [6.07, 6.45) is 0. The van der Waals surface area contributed by atoms with Gasteiger partial charge in [0.25, 0.3) is 0 Å². The molecule has 76 valence electrons. The third kappa shape index (κ3) is 1.64. The van der Waals surface area contributed by atoms with Gasteiger partial charge in [-0.15, -0.1) is 0 Å². The molecule has 0 fully saturated rings. The molecule has 0 aliphatic rings. The zero-order valence-electron chi connectivity index (χ0n) is 7.47. The van der Waals surface area contributed by atoms with Gasteiger partial charge in [-0.2, -0.15) is 0 Å². The van der Waals surface area contributed by atoms with Crippen LogP contribution in [-0.4, -0.2) is 15.1 Å². The Morgan fingerprint density at radius 2 is 1.29 bits per heavy atom. The molecule has 0 N–H and O–H groups in total. The van der Waals surface area contributed by atoms with E-state index in [1.807, 2.05) is 0 Å². The molecular formula is C8H6AlF5. The average Bonchev–Trinajstić information content (AvgIpc) is 2.11. The minimum absolute atomic E-state index is 0.192. The topological polar surface area (TPSA) is 0 Å². The summed E-state index contributed by atoms with van der Waals surface area (Å²) in [6, 6.07) is 0. The third-order valence-electron chi connectivity index (χ3n) is 2.14. The van der Waals surface area contributed by atoms with Crippen molar-refractivity contribution in [2.75, 3.05) is 0 Å². The monoisotopic (exact) mass is 224 g/mol. The van der Waals surface area contributed by atoms with Crippen molar-refractivity contribution in [3.05, 3.63) is 28.6 Å². The number of hydrogen-bond acceptors (Lipinski definition) is 0. The second-order valence-electron chi connectivity index (χ2n) is 2.91. The Bertz CT molecular complexity index is 345. The molecule has 0 unspecified atom stereocenters. The number of benzene rings is 1. The highest BCUT2D eigenvalue weighted by atomic mass is 27.3. The van der Waals surface area contributed by atoms with Gasteiger partial charge in [0.05, 0.1) is 0 Å². The fraction of sp³-hybridized carbons (Fsp3) is 0.250. The molecule has 0 aliphatic heterocycles. The maximum atomic E-state index is 12.9. The van der Waals surface area contributed by atoms with Crippen molar-refractivity contribution in [1.82, 2.24) is 0 Å². The largest absolute Gasteiger partial charge is 0.805 e. The van der Waals surface area contributed by atoms with Crippen molar-refractivity contribution in [3.63, 3.8) is 0 Å². The summed E-state index contributed by atoms with van der Waals surface area (Å²) < 4.78 is 62.3. The normalized spacial score (nSPS) is 10.5. The Morgan fingerprint density at radius 3 is 1.71 bits per heavy atom. The smallest absolute Gasteiger partial charge is 0.370 e. The van der Waals surface area contributed by atoms with E-state index < -0.39 is 36.9 Å². The van der Waals surface area contributed by atoms with Gasteiger partial charge in [-0.3, -0.25) is 0 Å². The van der Waals surface area contributed by atoms with Crippen LogP contribution >= 0.6 is 0 Å². The van der Waals surface area contributed by atoms with Gasteiger partial charge in [-0.1, -0.05) is 0 Å². The fourth-order valence-electron chi connectivity index (χ4n) is 1.17. The molecule has 6 heteroatoms. The summed E-state index contributed by atoms with van der Waals surface area (Å²) >= 11 is -4.47. The summed E-state index contributed by atoms with van der Waals surface area (Å²) in [5.74, 6) is -4.94. The molecule has 0 bridgehead atoms. The first-order valence-corrected chi connectivity index (χ1v) is 5.24.